The second-order valence-corrected chi connectivity index (χ2v) is 12.0. The van der Waals surface area contributed by atoms with Gasteiger partial charge in [-0.15, -0.1) is 0 Å². The molecule has 0 saturated heterocycles. The number of aryl methyl sites for hydroxylation is 2. The molecule has 2 aromatic carbocycles. The monoisotopic (exact) mass is 529 g/mol. The Kier molecular flexibility index (Phi) is 8.02. The van der Waals surface area contributed by atoms with Crippen molar-refractivity contribution in [2.24, 2.45) is 0 Å². The summed E-state index contributed by atoms with van der Waals surface area (Å²) in [6.07, 6.45) is 9.46. The lowest BCUT2D eigenvalue weighted by molar-refractivity contribution is 0.153. The summed E-state index contributed by atoms with van der Waals surface area (Å²) in [4.78, 5) is 15.1. The number of hydrogen-bond acceptors (Lipinski definition) is 5. The van der Waals surface area contributed by atoms with Gasteiger partial charge in [-0.2, -0.15) is 4.31 Å². The van der Waals surface area contributed by atoms with Crippen molar-refractivity contribution in [2.45, 2.75) is 63.2 Å². The first-order chi connectivity index (χ1) is 18.5. The highest BCUT2D eigenvalue weighted by Crippen LogP contribution is 2.34. The normalized spacial score (nSPS) is 15.6. The highest BCUT2D eigenvalue weighted by molar-refractivity contribution is 7.89. The molecule has 198 valence electrons. The number of rotatable bonds is 10. The van der Waals surface area contributed by atoms with Gasteiger partial charge in [0.05, 0.1) is 23.2 Å². The van der Waals surface area contributed by atoms with Crippen molar-refractivity contribution >= 4 is 10.0 Å². The van der Waals surface area contributed by atoms with Gasteiger partial charge in [0.2, 0.25) is 10.0 Å². The predicted molar refractivity (Wildman–Crippen MR) is 149 cm³/mol. The van der Waals surface area contributed by atoms with Crippen LogP contribution in [-0.2, 0) is 42.5 Å². The zero-order valence-electron chi connectivity index (χ0n) is 22.0. The first-order valence-electron chi connectivity index (χ1n) is 13.2. The number of aromatic nitrogens is 3. The number of sulfonamides is 1. The SMILES string of the molecule is CCc1ccccc1CN(C)S(=O)(=O)c1cccc(CN(Cc2ncc[nH]2)C2CCCc3cccnc32)c1. The van der Waals surface area contributed by atoms with Crippen LogP contribution in [-0.4, -0.2) is 39.6 Å². The van der Waals surface area contributed by atoms with E-state index in [4.69, 9.17) is 4.98 Å². The molecular formula is C30H35N5O2S. The van der Waals surface area contributed by atoms with Crippen LogP contribution in [0.5, 0.6) is 0 Å². The highest BCUT2D eigenvalue weighted by Gasteiger charge is 2.28. The van der Waals surface area contributed by atoms with Crippen molar-refractivity contribution in [1.29, 1.82) is 0 Å². The summed E-state index contributed by atoms with van der Waals surface area (Å²) in [6.45, 7) is 3.64. The molecule has 0 saturated carbocycles. The number of nitrogens with zero attached hydrogens (tertiary/aromatic N) is 4. The maximum absolute atomic E-state index is 13.6. The van der Waals surface area contributed by atoms with E-state index in [9.17, 15) is 8.42 Å². The second-order valence-electron chi connectivity index (χ2n) is 9.93. The molecule has 1 aliphatic carbocycles. The van der Waals surface area contributed by atoms with Crippen LogP contribution in [0, 0.1) is 0 Å². The van der Waals surface area contributed by atoms with E-state index >= 15 is 0 Å². The van der Waals surface area contributed by atoms with Crippen molar-refractivity contribution in [2.75, 3.05) is 7.05 Å². The molecule has 0 radical (unpaired) electrons. The van der Waals surface area contributed by atoms with Crippen LogP contribution in [0.25, 0.3) is 0 Å². The smallest absolute Gasteiger partial charge is 0.243 e. The van der Waals surface area contributed by atoms with Crippen LogP contribution in [0.3, 0.4) is 0 Å². The Hall–Kier alpha value is -3.33. The number of fused-ring (bicyclic) bond motifs is 1. The van der Waals surface area contributed by atoms with E-state index in [2.05, 4.69) is 33.9 Å². The van der Waals surface area contributed by atoms with E-state index in [1.54, 1.807) is 19.3 Å². The number of imidazole rings is 1. The van der Waals surface area contributed by atoms with E-state index < -0.39 is 10.0 Å². The minimum Gasteiger partial charge on any atom is -0.348 e. The quantitative estimate of drug-likeness (QED) is 0.303. The molecule has 7 nitrogen and oxygen atoms in total. The average molecular weight is 530 g/mol. The third kappa shape index (κ3) is 5.72. The van der Waals surface area contributed by atoms with Gasteiger partial charge in [0.25, 0.3) is 0 Å². The van der Waals surface area contributed by atoms with Crippen molar-refractivity contribution in [1.82, 2.24) is 24.2 Å². The van der Waals surface area contributed by atoms with Crippen LogP contribution < -0.4 is 0 Å². The summed E-state index contributed by atoms with van der Waals surface area (Å²) >= 11 is 0. The van der Waals surface area contributed by atoms with Crippen molar-refractivity contribution < 1.29 is 8.42 Å². The van der Waals surface area contributed by atoms with E-state index in [0.717, 1.165) is 48.3 Å². The van der Waals surface area contributed by atoms with E-state index in [-0.39, 0.29) is 6.04 Å². The minimum absolute atomic E-state index is 0.138. The summed E-state index contributed by atoms with van der Waals surface area (Å²) in [5, 5.41) is 0. The van der Waals surface area contributed by atoms with Gasteiger partial charge in [-0.3, -0.25) is 9.88 Å². The zero-order chi connectivity index (χ0) is 26.5. The number of pyridine rings is 1. The molecule has 38 heavy (non-hydrogen) atoms. The molecule has 2 aromatic heterocycles. The van der Waals surface area contributed by atoms with Crippen molar-refractivity contribution in [3.8, 4) is 0 Å². The summed E-state index contributed by atoms with van der Waals surface area (Å²) < 4.78 is 28.6. The maximum atomic E-state index is 13.6. The number of benzene rings is 2. The van der Waals surface area contributed by atoms with Crippen LogP contribution in [0.15, 0.2) is 84.1 Å². The lowest BCUT2D eigenvalue weighted by Crippen LogP contribution is -2.32. The third-order valence-electron chi connectivity index (χ3n) is 7.40. The van der Waals surface area contributed by atoms with E-state index in [1.165, 1.54) is 15.4 Å². The predicted octanol–water partition coefficient (Wildman–Crippen LogP) is 5.27. The van der Waals surface area contributed by atoms with E-state index in [1.807, 2.05) is 54.9 Å². The zero-order valence-corrected chi connectivity index (χ0v) is 22.9. The Morgan fingerprint density at radius 2 is 1.79 bits per heavy atom. The Morgan fingerprint density at radius 3 is 2.58 bits per heavy atom. The fourth-order valence-corrected chi connectivity index (χ4v) is 6.61. The summed E-state index contributed by atoms with van der Waals surface area (Å²) in [5.41, 5.74) is 5.55. The molecule has 1 aliphatic rings. The molecule has 0 spiro atoms. The van der Waals surface area contributed by atoms with Gasteiger partial charge in [-0.05, 0) is 66.1 Å². The summed E-state index contributed by atoms with van der Waals surface area (Å²) in [6, 6.07) is 19.7. The largest absolute Gasteiger partial charge is 0.348 e. The standard InChI is InChI=1S/C30H35N5O2S/c1-3-24-10-4-5-11-26(24)21-34(2)38(36,37)27-14-6-9-23(19-27)20-35(22-29-31-17-18-32-29)28-15-7-12-25-13-8-16-33-30(25)28/h4-6,8-11,13-14,16-19,28H,3,7,12,15,20-22H2,1-2H3,(H,31,32). The Bertz CT molecular complexity index is 1470. The van der Waals surface area contributed by atoms with Gasteiger partial charge in [0, 0.05) is 38.7 Å². The number of nitrogens with one attached hydrogen (secondary N) is 1. The molecule has 1 atom stereocenters. The molecule has 0 bridgehead atoms. The Morgan fingerprint density at radius 1 is 0.947 bits per heavy atom. The summed E-state index contributed by atoms with van der Waals surface area (Å²) in [7, 11) is -2.00. The van der Waals surface area contributed by atoms with Gasteiger partial charge in [0.1, 0.15) is 5.82 Å². The fraction of sp³-hybridized carbons (Fsp3) is 0.333. The molecule has 5 rings (SSSR count). The molecule has 1 unspecified atom stereocenters. The molecule has 4 aromatic rings. The lowest BCUT2D eigenvalue weighted by Gasteiger charge is -2.34. The molecule has 2 heterocycles. The van der Waals surface area contributed by atoms with Gasteiger partial charge >= 0.3 is 0 Å². The molecule has 1 N–H and O–H groups in total. The molecule has 0 aliphatic heterocycles. The molecule has 0 amide bonds. The first kappa shape index (κ1) is 26.3. The van der Waals surface area contributed by atoms with Gasteiger partial charge < -0.3 is 4.98 Å². The summed E-state index contributed by atoms with van der Waals surface area (Å²) in [5.74, 6) is 0.881. The van der Waals surface area contributed by atoms with Gasteiger partial charge in [-0.1, -0.05) is 49.4 Å². The van der Waals surface area contributed by atoms with Gasteiger partial charge in [-0.25, -0.2) is 13.4 Å². The minimum atomic E-state index is -3.66. The van der Waals surface area contributed by atoms with Crippen molar-refractivity contribution in [3.05, 3.63) is 113 Å². The molecular weight excluding hydrogens is 494 g/mol. The van der Waals surface area contributed by atoms with Crippen molar-refractivity contribution in [3.63, 3.8) is 0 Å². The Balaban J connectivity index is 1.41. The first-order valence-corrected chi connectivity index (χ1v) is 14.7. The second kappa shape index (κ2) is 11.6. The van der Waals surface area contributed by atoms with Gasteiger partial charge in [0.15, 0.2) is 0 Å². The van der Waals surface area contributed by atoms with Crippen LogP contribution in [0.2, 0.25) is 0 Å². The lowest BCUT2D eigenvalue weighted by atomic mass is 9.90. The number of hydrogen-bond donors (Lipinski definition) is 1. The third-order valence-corrected chi connectivity index (χ3v) is 9.20. The number of aromatic amines is 1. The molecule has 0 fully saturated rings. The maximum Gasteiger partial charge on any atom is 0.243 e. The van der Waals surface area contributed by atoms with Crippen LogP contribution >= 0.6 is 0 Å². The van der Waals surface area contributed by atoms with E-state index in [0.29, 0.717) is 24.5 Å². The van der Waals surface area contributed by atoms with Crippen LogP contribution in [0.1, 0.15) is 59.6 Å². The molecule has 8 heteroatoms. The van der Waals surface area contributed by atoms with Crippen LogP contribution in [0.4, 0.5) is 0 Å². The average Bonchev–Trinajstić information content (AvgIpc) is 3.46. The number of H-pyrrole nitrogens is 1. The fourth-order valence-electron chi connectivity index (χ4n) is 5.39. The highest BCUT2D eigenvalue weighted by atomic mass is 32.2. The topological polar surface area (TPSA) is 82.2 Å². The Labute approximate surface area is 225 Å².